The van der Waals surface area contributed by atoms with Crippen molar-refractivity contribution < 1.29 is 4.79 Å². The first-order valence-corrected chi connectivity index (χ1v) is 5.11. The molecular weight excluding hydrogens is 198 g/mol. The van der Waals surface area contributed by atoms with Crippen LogP contribution in [0.5, 0.6) is 0 Å². The van der Waals surface area contributed by atoms with Crippen LogP contribution >= 0.6 is 11.6 Å². The van der Waals surface area contributed by atoms with Gasteiger partial charge in [-0.1, -0.05) is 25.4 Å². The van der Waals surface area contributed by atoms with Crippen LogP contribution in [0.3, 0.4) is 0 Å². The molecule has 0 saturated heterocycles. The molecule has 1 rings (SSSR count). The minimum atomic E-state index is 0.103. The molecule has 0 fully saturated rings. The van der Waals surface area contributed by atoms with Gasteiger partial charge in [-0.05, 0) is 18.4 Å². The van der Waals surface area contributed by atoms with E-state index >= 15 is 0 Å². The molecule has 1 aromatic rings. The van der Waals surface area contributed by atoms with E-state index in [2.05, 4.69) is 18.8 Å². The minimum absolute atomic E-state index is 0.103. The molecule has 1 heterocycles. The van der Waals surface area contributed by atoms with E-state index in [9.17, 15) is 4.79 Å². The van der Waals surface area contributed by atoms with Gasteiger partial charge in [0.05, 0.1) is 5.02 Å². The zero-order chi connectivity index (χ0) is 10.6. The Morgan fingerprint density at radius 1 is 1.57 bits per heavy atom. The van der Waals surface area contributed by atoms with Crippen molar-refractivity contribution in [2.24, 2.45) is 5.92 Å². The number of hydrogen-bond acceptors (Lipinski definition) is 2. The van der Waals surface area contributed by atoms with E-state index in [4.69, 9.17) is 11.6 Å². The van der Waals surface area contributed by atoms with Crippen molar-refractivity contribution in [3.05, 3.63) is 29.0 Å². The van der Waals surface area contributed by atoms with Gasteiger partial charge < -0.3 is 0 Å². The Bertz CT molecular complexity index is 323. The lowest BCUT2D eigenvalue weighted by atomic mass is 10.0. The molecule has 76 valence electrons. The van der Waals surface area contributed by atoms with Crippen molar-refractivity contribution in [3.63, 3.8) is 0 Å². The summed E-state index contributed by atoms with van der Waals surface area (Å²) in [5.74, 6) is 0.644. The van der Waals surface area contributed by atoms with Gasteiger partial charge in [0.25, 0.3) is 0 Å². The smallest absolute Gasteiger partial charge is 0.164 e. The average Bonchev–Trinajstić information content (AvgIpc) is 2.15. The third-order valence-corrected chi connectivity index (χ3v) is 2.32. The summed E-state index contributed by atoms with van der Waals surface area (Å²) >= 11 is 5.85. The highest BCUT2D eigenvalue weighted by Gasteiger charge is 2.10. The van der Waals surface area contributed by atoms with Crippen LogP contribution < -0.4 is 0 Å². The lowest BCUT2D eigenvalue weighted by Crippen LogP contribution is -2.02. The summed E-state index contributed by atoms with van der Waals surface area (Å²) in [6.45, 7) is 4.20. The number of hydrogen-bond donors (Lipinski definition) is 0. The van der Waals surface area contributed by atoms with Gasteiger partial charge in [0.1, 0.15) is 0 Å². The van der Waals surface area contributed by atoms with E-state index in [0.717, 1.165) is 6.42 Å². The maximum Gasteiger partial charge on any atom is 0.164 e. The molecule has 0 radical (unpaired) electrons. The second kappa shape index (κ2) is 5.11. The molecular formula is C11H14ClNO. The highest BCUT2D eigenvalue weighted by molar-refractivity contribution is 6.33. The molecule has 14 heavy (non-hydrogen) atoms. The Labute approximate surface area is 89.3 Å². The molecule has 0 spiro atoms. The van der Waals surface area contributed by atoms with Gasteiger partial charge in [-0.25, -0.2) is 0 Å². The van der Waals surface area contributed by atoms with E-state index in [0.29, 0.717) is 22.9 Å². The first-order valence-electron chi connectivity index (χ1n) is 4.74. The Hall–Kier alpha value is -0.890. The fourth-order valence-corrected chi connectivity index (χ4v) is 1.38. The fourth-order valence-electron chi connectivity index (χ4n) is 1.16. The molecule has 0 aliphatic rings. The van der Waals surface area contributed by atoms with Crippen LogP contribution in [-0.2, 0) is 0 Å². The summed E-state index contributed by atoms with van der Waals surface area (Å²) in [5.41, 5.74) is 0.585. The van der Waals surface area contributed by atoms with Crippen LogP contribution in [0.2, 0.25) is 5.02 Å². The fraction of sp³-hybridized carbons (Fsp3) is 0.455. The molecule has 1 aromatic heterocycles. The third-order valence-electron chi connectivity index (χ3n) is 2.02. The van der Waals surface area contributed by atoms with Crippen LogP contribution in [0.1, 0.15) is 37.0 Å². The molecule has 0 aliphatic carbocycles. The number of rotatable bonds is 4. The number of carbonyl (C=O) groups is 1. The van der Waals surface area contributed by atoms with E-state index in [1.54, 1.807) is 12.3 Å². The van der Waals surface area contributed by atoms with Crippen molar-refractivity contribution >= 4 is 17.4 Å². The molecule has 3 heteroatoms. The summed E-state index contributed by atoms with van der Waals surface area (Å²) in [4.78, 5) is 15.5. The molecule has 0 bridgehead atoms. The number of carbonyl (C=O) groups excluding carboxylic acids is 1. The van der Waals surface area contributed by atoms with Gasteiger partial charge in [-0.2, -0.15) is 0 Å². The van der Waals surface area contributed by atoms with Crippen LogP contribution in [-0.4, -0.2) is 10.8 Å². The highest BCUT2D eigenvalue weighted by Crippen LogP contribution is 2.17. The number of pyridine rings is 1. The van der Waals surface area contributed by atoms with Gasteiger partial charge in [-0.3, -0.25) is 9.78 Å². The number of aromatic nitrogens is 1. The van der Waals surface area contributed by atoms with Gasteiger partial charge in [0.15, 0.2) is 5.78 Å². The first-order chi connectivity index (χ1) is 6.61. The lowest BCUT2D eigenvalue weighted by molar-refractivity contribution is 0.0975. The quantitative estimate of drug-likeness (QED) is 0.715. The molecule has 0 aromatic carbocycles. The third kappa shape index (κ3) is 3.11. The Morgan fingerprint density at radius 3 is 2.86 bits per heavy atom. The van der Waals surface area contributed by atoms with E-state index in [1.807, 2.05) is 0 Å². The van der Waals surface area contributed by atoms with Crippen LogP contribution in [0.4, 0.5) is 0 Å². The van der Waals surface area contributed by atoms with Gasteiger partial charge >= 0.3 is 0 Å². The van der Waals surface area contributed by atoms with Gasteiger partial charge in [-0.15, -0.1) is 0 Å². The van der Waals surface area contributed by atoms with Crippen LogP contribution in [0.25, 0.3) is 0 Å². The number of Topliss-reactive ketones (excluding diaryl/α,β-unsaturated/α-hetero) is 1. The van der Waals surface area contributed by atoms with Gasteiger partial charge in [0, 0.05) is 24.4 Å². The molecule has 0 atom stereocenters. The zero-order valence-corrected chi connectivity index (χ0v) is 9.21. The maximum atomic E-state index is 11.7. The van der Waals surface area contributed by atoms with Crippen molar-refractivity contribution in [2.45, 2.75) is 26.7 Å². The molecule has 0 saturated carbocycles. The summed E-state index contributed by atoms with van der Waals surface area (Å²) in [5, 5.41) is 0.446. The van der Waals surface area contributed by atoms with Crippen molar-refractivity contribution in [1.29, 1.82) is 0 Å². The summed E-state index contributed by atoms with van der Waals surface area (Å²) < 4.78 is 0. The summed E-state index contributed by atoms with van der Waals surface area (Å²) in [6, 6.07) is 1.67. The van der Waals surface area contributed by atoms with E-state index < -0.39 is 0 Å². The van der Waals surface area contributed by atoms with Crippen LogP contribution in [0, 0.1) is 5.92 Å². The van der Waals surface area contributed by atoms with Crippen molar-refractivity contribution in [3.8, 4) is 0 Å². The van der Waals surface area contributed by atoms with E-state index in [-0.39, 0.29) is 5.78 Å². The lowest BCUT2D eigenvalue weighted by Gasteiger charge is -2.04. The molecule has 0 amide bonds. The zero-order valence-electron chi connectivity index (χ0n) is 8.46. The summed E-state index contributed by atoms with van der Waals surface area (Å²) in [7, 11) is 0. The van der Waals surface area contributed by atoms with Crippen LogP contribution in [0.15, 0.2) is 18.5 Å². The monoisotopic (exact) mass is 211 g/mol. The maximum absolute atomic E-state index is 11.7. The topological polar surface area (TPSA) is 30.0 Å². The normalized spacial score (nSPS) is 10.6. The highest BCUT2D eigenvalue weighted by atomic mass is 35.5. The number of ketones is 1. The molecule has 2 nitrogen and oxygen atoms in total. The Kier molecular flexibility index (Phi) is 4.08. The predicted molar refractivity (Wildman–Crippen MR) is 57.6 cm³/mol. The second-order valence-electron chi connectivity index (χ2n) is 3.71. The largest absolute Gasteiger partial charge is 0.294 e. The number of halogens is 1. The first kappa shape index (κ1) is 11.2. The predicted octanol–water partition coefficient (Wildman–Crippen LogP) is 3.35. The standard InChI is InChI=1S/C11H14ClNO/c1-8(2)3-4-11(14)9-5-6-13-7-10(9)12/h5-8H,3-4H2,1-2H3. The Morgan fingerprint density at radius 2 is 2.29 bits per heavy atom. The Balaban J connectivity index is 2.65. The average molecular weight is 212 g/mol. The van der Waals surface area contributed by atoms with Crippen molar-refractivity contribution in [2.75, 3.05) is 0 Å². The molecule has 0 aliphatic heterocycles. The number of nitrogens with zero attached hydrogens (tertiary/aromatic N) is 1. The minimum Gasteiger partial charge on any atom is -0.294 e. The molecule has 0 unspecified atom stereocenters. The van der Waals surface area contributed by atoms with Gasteiger partial charge in [0.2, 0.25) is 0 Å². The van der Waals surface area contributed by atoms with E-state index in [1.165, 1.54) is 6.20 Å². The SMILES string of the molecule is CC(C)CCC(=O)c1ccncc1Cl. The second-order valence-corrected chi connectivity index (χ2v) is 4.12. The van der Waals surface area contributed by atoms with Crippen molar-refractivity contribution in [1.82, 2.24) is 4.98 Å². The summed E-state index contributed by atoms with van der Waals surface area (Å²) in [6.07, 6.45) is 4.55. The molecule has 0 N–H and O–H groups in total.